The number of carbonyl (C=O) groups excluding carboxylic acids is 2. The molecule has 130 valence electrons. The number of hydrogen-bond acceptors (Lipinski definition) is 3. The van der Waals surface area contributed by atoms with Crippen LogP contribution in [0.2, 0.25) is 0 Å². The molecule has 0 aromatic heterocycles. The third-order valence-electron chi connectivity index (χ3n) is 5.31. The SMILES string of the molecule is NC(=O)c1ccc(OCC(=O)N2CCCC2C2CCCCC2)cc1. The van der Waals surface area contributed by atoms with Crippen molar-refractivity contribution in [3.05, 3.63) is 29.8 Å². The summed E-state index contributed by atoms with van der Waals surface area (Å²) in [7, 11) is 0. The standard InChI is InChI=1S/C19H26N2O3/c20-19(23)15-8-10-16(11-9-15)24-13-18(22)21-12-4-7-17(21)14-5-2-1-3-6-14/h8-11,14,17H,1-7,12-13H2,(H2,20,23). The van der Waals surface area contributed by atoms with Gasteiger partial charge in [-0.2, -0.15) is 0 Å². The molecule has 5 nitrogen and oxygen atoms in total. The van der Waals surface area contributed by atoms with E-state index in [0.29, 0.717) is 23.3 Å². The van der Waals surface area contributed by atoms with Gasteiger partial charge in [0.1, 0.15) is 5.75 Å². The van der Waals surface area contributed by atoms with Gasteiger partial charge in [-0.15, -0.1) is 0 Å². The van der Waals surface area contributed by atoms with Gasteiger partial charge < -0.3 is 15.4 Å². The fourth-order valence-electron chi connectivity index (χ4n) is 4.05. The van der Waals surface area contributed by atoms with Crippen molar-refractivity contribution < 1.29 is 14.3 Å². The maximum atomic E-state index is 12.6. The zero-order valence-corrected chi connectivity index (χ0v) is 14.1. The molecule has 2 fully saturated rings. The summed E-state index contributed by atoms with van der Waals surface area (Å²) in [5.74, 6) is 0.855. The van der Waals surface area contributed by atoms with Gasteiger partial charge in [-0.3, -0.25) is 9.59 Å². The highest BCUT2D eigenvalue weighted by molar-refractivity contribution is 5.92. The number of rotatable bonds is 5. The fourth-order valence-corrected chi connectivity index (χ4v) is 4.05. The smallest absolute Gasteiger partial charge is 0.260 e. The molecular formula is C19H26N2O3. The minimum Gasteiger partial charge on any atom is -0.484 e. The first kappa shape index (κ1) is 16.8. The molecule has 2 N–H and O–H groups in total. The average Bonchev–Trinajstić information content (AvgIpc) is 3.10. The monoisotopic (exact) mass is 330 g/mol. The van der Waals surface area contributed by atoms with E-state index in [1.165, 1.54) is 32.1 Å². The van der Waals surface area contributed by atoms with E-state index in [2.05, 4.69) is 0 Å². The van der Waals surface area contributed by atoms with Gasteiger partial charge in [-0.25, -0.2) is 0 Å². The second kappa shape index (κ2) is 7.69. The summed E-state index contributed by atoms with van der Waals surface area (Å²) in [6, 6.07) is 6.98. The molecule has 1 unspecified atom stereocenters. The van der Waals surface area contributed by atoms with Gasteiger partial charge in [0.2, 0.25) is 5.91 Å². The number of amides is 2. The van der Waals surface area contributed by atoms with E-state index in [1.54, 1.807) is 24.3 Å². The number of likely N-dealkylation sites (tertiary alicyclic amines) is 1. The lowest BCUT2D eigenvalue weighted by atomic mass is 9.83. The van der Waals surface area contributed by atoms with Crippen molar-refractivity contribution in [2.75, 3.05) is 13.2 Å². The van der Waals surface area contributed by atoms with Crippen LogP contribution in [-0.4, -0.2) is 35.9 Å². The van der Waals surface area contributed by atoms with Crippen LogP contribution in [0.3, 0.4) is 0 Å². The van der Waals surface area contributed by atoms with Gasteiger partial charge in [0.05, 0.1) is 0 Å². The van der Waals surface area contributed by atoms with Crippen LogP contribution in [0.15, 0.2) is 24.3 Å². The van der Waals surface area contributed by atoms with Crippen molar-refractivity contribution in [3.63, 3.8) is 0 Å². The molecule has 0 spiro atoms. The van der Waals surface area contributed by atoms with Crippen LogP contribution in [0.5, 0.6) is 5.75 Å². The third kappa shape index (κ3) is 3.89. The molecular weight excluding hydrogens is 304 g/mol. The lowest BCUT2D eigenvalue weighted by Gasteiger charge is -2.34. The van der Waals surface area contributed by atoms with Crippen LogP contribution >= 0.6 is 0 Å². The predicted octanol–water partition coefficient (Wildman–Crippen LogP) is 2.74. The van der Waals surface area contributed by atoms with E-state index >= 15 is 0 Å². The zero-order chi connectivity index (χ0) is 16.9. The maximum Gasteiger partial charge on any atom is 0.260 e. The number of ether oxygens (including phenoxy) is 1. The van der Waals surface area contributed by atoms with Crippen molar-refractivity contribution >= 4 is 11.8 Å². The van der Waals surface area contributed by atoms with E-state index in [0.717, 1.165) is 19.4 Å². The Hall–Kier alpha value is -2.04. The fraction of sp³-hybridized carbons (Fsp3) is 0.579. The molecule has 1 aromatic rings. The number of nitrogens with two attached hydrogens (primary N) is 1. The number of hydrogen-bond donors (Lipinski definition) is 1. The summed E-state index contributed by atoms with van der Waals surface area (Å²) >= 11 is 0. The van der Waals surface area contributed by atoms with Crippen LogP contribution in [0.1, 0.15) is 55.3 Å². The highest BCUT2D eigenvalue weighted by Gasteiger charge is 2.35. The van der Waals surface area contributed by atoms with Gasteiger partial charge in [-0.1, -0.05) is 19.3 Å². The summed E-state index contributed by atoms with van der Waals surface area (Å²) in [6.45, 7) is 0.906. The molecule has 2 amide bonds. The molecule has 24 heavy (non-hydrogen) atoms. The highest BCUT2D eigenvalue weighted by atomic mass is 16.5. The number of benzene rings is 1. The Labute approximate surface area is 143 Å². The summed E-state index contributed by atoms with van der Waals surface area (Å²) in [4.78, 5) is 25.7. The second-order valence-corrected chi connectivity index (χ2v) is 6.87. The van der Waals surface area contributed by atoms with Crippen molar-refractivity contribution in [2.45, 2.75) is 51.0 Å². The van der Waals surface area contributed by atoms with Gasteiger partial charge in [0, 0.05) is 18.2 Å². The zero-order valence-electron chi connectivity index (χ0n) is 14.1. The highest BCUT2D eigenvalue weighted by Crippen LogP contribution is 2.34. The summed E-state index contributed by atoms with van der Waals surface area (Å²) in [5.41, 5.74) is 5.65. The number of carbonyl (C=O) groups is 2. The summed E-state index contributed by atoms with van der Waals surface area (Å²) in [6.07, 6.45) is 8.66. The Balaban J connectivity index is 1.54. The van der Waals surface area contributed by atoms with Crippen LogP contribution in [0.4, 0.5) is 0 Å². The van der Waals surface area contributed by atoms with E-state index in [9.17, 15) is 9.59 Å². The topological polar surface area (TPSA) is 72.6 Å². The predicted molar refractivity (Wildman–Crippen MR) is 91.8 cm³/mol. The minimum absolute atomic E-state index is 0.0547. The number of nitrogens with zero attached hydrogens (tertiary/aromatic N) is 1. The molecule has 1 heterocycles. The molecule has 0 radical (unpaired) electrons. The van der Waals surface area contributed by atoms with E-state index in [1.807, 2.05) is 4.90 Å². The van der Waals surface area contributed by atoms with E-state index in [4.69, 9.17) is 10.5 Å². The first-order valence-electron chi connectivity index (χ1n) is 8.97. The Bertz CT molecular complexity index is 579. The Kier molecular flexibility index (Phi) is 5.38. The minimum atomic E-state index is -0.468. The van der Waals surface area contributed by atoms with Gasteiger partial charge in [0.15, 0.2) is 6.61 Å². The Morgan fingerprint density at radius 2 is 1.75 bits per heavy atom. The molecule has 1 aliphatic carbocycles. The first-order chi connectivity index (χ1) is 11.6. The lowest BCUT2D eigenvalue weighted by Crippen LogP contribution is -2.43. The number of primary amides is 1. The first-order valence-corrected chi connectivity index (χ1v) is 8.97. The molecule has 5 heteroatoms. The molecule has 1 aliphatic heterocycles. The van der Waals surface area contributed by atoms with Crippen LogP contribution < -0.4 is 10.5 Å². The van der Waals surface area contributed by atoms with Crippen molar-refractivity contribution in [2.24, 2.45) is 11.7 Å². The molecule has 1 atom stereocenters. The average molecular weight is 330 g/mol. The molecule has 0 bridgehead atoms. The Morgan fingerprint density at radius 3 is 2.42 bits per heavy atom. The lowest BCUT2D eigenvalue weighted by molar-refractivity contribution is -0.135. The van der Waals surface area contributed by atoms with Gasteiger partial charge >= 0.3 is 0 Å². The van der Waals surface area contributed by atoms with E-state index in [-0.39, 0.29) is 12.5 Å². The summed E-state index contributed by atoms with van der Waals surface area (Å²) in [5, 5.41) is 0. The molecule has 2 aliphatic rings. The van der Waals surface area contributed by atoms with Gasteiger partial charge in [0.25, 0.3) is 5.91 Å². The van der Waals surface area contributed by atoms with Crippen LogP contribution in [0, 0.1) is 5.92 Å². The van der Waals surface area contributed by atoms with Crippen molar-refractivity contribution in [1.29, 1.82) is 0 Å². The normalized spacial score (nSPS) is 21.7. The third-order valence-corrected chi connectivity index (χ3v) is 5.31. The van der Waals surface area contributed by atoms with Crippen molar-refractivity contribution in [3.8, 4) is 5.75 Å². The largest absolute Gasteiger partial charge is 0.484 e. The molecule has 3 rings (SSSR count). The second-order valence-electron chi connectivity index (χ2n) is 6.87. The van der Waals surface area contributed by atoms with Crippen LogP contribution in [-0.2, 0) is 4.79 Å². The van der Waals surface area contributed by atoms with Crippen molar-refractivity contribution in [1.82, 2.24) is 4.90 Å². The maximum absolute atomic E-state index is 12.6. The Morgan fingerprint density at radius 1 is 1.04 bits per heavy atom. The molecule has 1 aromatic carbocycles. The van der Waals surface area contributed by atoms with Crippen LogP contribution in [0.25, 0.3) is 0 Å². The molecule has 1 saturated heterocycles. The summed E-state index contributed by atoms with van der Waals surface area (Å²) < 4.78 is 5.61. The molecule has 1 saturated carbocycles. The quantitative estimate of drug-likeness (QED) is 0.902. The van der Waals surface area contributed by atoms with E-state index < -0.39 is 5.91 Å². The van der Waals surface area contributed by atoms with Gasteiger partial charge in [-0.05, 0) is 55.9 Å².